The number of carboxylic acids is 1. The minimum Gasteiger partial charge on any atom is -0.477 e. The van der Waals surface area contributed by atoms with Crippen molar-refractivity contribution in [3.8, 4) is 0 Å². The molecule has 1 heterocycles. The van der Waals surface area contributed by atoms with Crippen LogP contribution in [0, 0.1) is 0 Å². The lowest BCUT2D eigenvalue weighted by molar-refractivity contribution is -0.117. The van der Waals surface area contributed by atoms with Crippen LogP contribution in [0.4, 0.5) is 10.5 Å². The first-order valence-corrected chi connectivity index (χ1v) is 4.96. The van der Waals surface area contributed by atoms with Crippen molar-refractivity contribution in [3.05, 3.63) is 24.0 Å². The number of nitrogens with two attached hydrogens (primary N) is 1. The second kappa shape index (κ2) is 5.62. The van der Waals surface area contributed by atoms with Crippen molar-refractivity contribution < 1.29 is 19.5 Å². The van der Waals surface area contributed by atoms with E-state index in [1.54, 1.807) is 0 Å². The number of carboxylic acid groups (broad SMARTS) is 1. The van der Waals surface area contributed by atoms with Crippen molar-refractivity contribution >= 4 is 23.6 Å². The fourth-order valence-electron chi connectivity index (χ4n) is 1.15. The summed E-state index contributed by atoms with van der Waals surface area (Å²) in [5, 5.41) is 13.3. The van der Waals surface area contributed by atoms with E-state index in [1.165, 1.54) is 25.3 Å². The number of pyridine rings is 1. The summed E-state index contributed by atoms with van der Waals surface area (Å²) in [4.78, 5) is 36.4. The number of hydrogen-bond acceptors (Lipinski definition) is 4. The maximum Gasteiger partial charge on any atom is 0.354 e. The molecular weight excluding hydrogens is 240 g/mol. The van der Waals surface area contributed by atoms with E-state index >= 15 is 0 Å². The van der Waals surface area contributed by atoms with Gasteiger partial charge in [-0.3, -0.25) is 4.79 Å². The molecule has 5 N–H and O–H groups in total. The first-order chi connectivity index (χ1) is 8.40. The summed E-state index contributed by atoms with van der Waals surface area (Å²) < 4.78 is 0. The van der Waals surface area contributed by atoms with Crippen LogP contribution in [0.25, 0.3) is 0 Å². The van der Waals surface area contributed by atoms with Gasteiger partial charge in [-0.2, -0.15) is 0 Å². The first-order valence-electron chi connectivity index (χ1n) is 4.96. The highest BCUT2D eigenvalue weighted by Crippen LogP contribution is 2.08. The standard InChI is InChI=1S/C10H12N4O4/c1-5(13-10(11)18)8(15)14-6-2-3-12-7(4-6)9(16)17/h2-5H,1H3,(H,16,17)(H3,11,13,18)(H,12,14,15). The molecule has 0 fully saturated rings. The van der Waals surface area contributed by atoms with E-state index in [-0.39, 0.29) is 11.4 Å². The molecule has 0 saturated carbocycles. The van der Waals surface area contributed by atoms with Gasteiger partial charge in [0.2, 0.25) is 5.91 Å². The quantitative estimate of drug-likeness (QED) is 0.587. The van der Waals surface area contributed by atoms with E-state index in [1.807, 2.05) is 0 Å². The van der Waals surface area contributed by atoms with E-state index in [4.69, 9.17) is 10.8 Å². The zero-order valence-corrected chi connectivity index (χ0v) is 9.51. The lowest BCUT2D eigenvalue weighted by Crippen LogP contribution is -2.44. The van der Waals surface area contributed by atoms with Crippen LogP contribution in [-0.4, -0.2) is 34.0 Å². The Morgan fingerprint density at radius 1 is 1.44 bits per heavy atom. The molecule has 0 bridgehead atoms. The molecule has 1 aromatic heterocycles. The Balaban J connectivity index is 2.72. The lowest BCUT2D eigenvalue weighted by atomic mass is 10.2. The summed E-state index contributed by atoms with van der Waals surface area (Å²) in [6, 6.07) is 0.987. The second-order valence-corrected chi connectivity index (χ2v) is 3.45. The van der Waals surface area contributed by atoms with Crippen LogP contribution in [0.5, 0.6) is 0 Å². The monoisotopic (exact) mass is 252 g/mol. The highest BCUT2D eigenvalue weighted by atomic mass is 16.4. The van der Waals surface area contributed by atoms with Crippen molar-refractivity contribution in [1.82, 2.24) is 10.3 Å². The largest absolute Gasteiger partial charge is 0.477 e. The van der Waals surface area contributed by atoms with Crippen LogP contribution in [0.1, 0.15) is 17.4 Å². The first kappa shape index (κ1) is 13.4. The van der Waals surface area contributed by atoms with Crippen LogP contribution in [0.2, 0.25) is 0 Å². The molecule has 1 aromatic rings. The molecular formula is C10H12N4O4. The summed E-state index contributed by atoms with van der Waals surface area (Å²) in [6.07, 6.45) is 1.26. The average molecular weight is 252 g/mol. The molecule has 0 aromatic carbocycles. The van der Waals surface area contributed by atoms with Gasteiger partial charge in [0, 0.05) is 11.9 Å². The van der Waals surface area contributed by atoms with Gasteiger partial charge in [0.15, 0.2) is 0 Å². The number of hydrogen-bond donors (Lipinski definition) is 4. The predicted molar refractivity (Wildman–Crippen MR) is 62.0 cm³/mol. The third-order valence-electron chi connectivity index (χ3n) is 2.00. The number of aromatic carboxylic acids is 1. The third kappa shape index (κ3) is 3.74. The zero-order valence-electron chi connectivity index (χ0n) is 9.51. The number of rotatable bonds is 4. The zero-order chi connectivity index (χ0) is 13.7. The molecule has 1 atom stereocenters. The summed E-state index contributed by atoms with van der Waals surface area (Å²) >= 11 is 0. The number of urea groups is 1. The molecule has 96 valence electrons. The molecule has 0 saturated heterocycles. The molecule has 1 rings (SSSR count). The van der Waals surface area contributed by atoms with Crippen molar-refractivity contribution in [2.75, 3.05) is 5.32 Å². The van der Waals surface area contributed by atoms with Crippen molar-refractivity contribution in [2.45, 2.75) is 13.0 Å². The number of amides is 3. The highest BCUT2D eigenvalue weighted by Gasteiger charge is 2.14. The number of carbonyl (C=O) groups excluding carboxylic acids is 2. The average Bonchev–Trinajstić information content (AvgIpc) is 2.28. The van der Waals surface area contributed by atoms with Crippen molar-refractivity contribution in [3.63, 3.8) is 0 Å². The number of carbonyl (C=O) groups is 3. The lowest BCUT2D eigenvalue weighted by Gasteiger charge is -2.12. The van der Waals surface area contributed by atoms with Gasteiger partial charge in [-0.25, -0.2) is 14.6 Å². The van der Waals surface area contributed by atoms with Crippen molar-refractivity contribution in [2.24, 2.45) is 5.73 Å². The highest BCUT2D eigenvalue weighted by molar-refractivity contribution is 5.97. The van der Waals surface area contributed by atoms with Crippen LogP contribution < -0.4 is 16.4 Å². The Morgan fingerprint density at radius 3 is 2.67 bits per heavy atom. The molecule has 0 spiro atoms. The number of nitrogens with zero attached hydrogens (tertiary/aromatic N) is 1. The number of aromatic nitrogens is 1. The van der Waals surface area contributed by atoms with Gasteiger partial charge in [-0.1, -0.05) is 0 Å². The smallest absolute Gasteiger partial charge is 0.354 e. The summed E-state index contributed by atoms with van der Waals surface area (Å²) in [7, 11) is 0. The van der Waals surface area contributed by atoms with Gasteiger partial charge in [-0.15, -0.1) is 0 Å². The Kier molecular flexibility index (Phi) is 4.19. The summed E-state index contributed by atoms with van der Waals surface area (Å²) in [5.74, 6) is -1.72. The van der Waals surface area contributed by atoms with Gasteiger partial charge in [0.25, 0.3) is 0 Å². The summed E-state index contributed by atoms with van der Waals surface area (Å²) in [6.45, 7) is 1.44. The topological polar surface area (TPSA) is 134 Å². The molecule has 1 unspecified atom stereocenters. The fourth-order valence-corrected chi connectivity index (χ4v) is 1.15. The fraction of sp³-hybridized carbons (Fsp3) is 0.200. The Morgan fingerprint density at radius 2 is 2.11 bits per heavy atom. The Labute approximate surface area is 102 Å². The van der Waals surface area contributed by atoms with E-state index < -0.39 is 23.9 Å². The number of nitrogens with one attached hydrogen (secondary N) is 2. The van der Waals surface area contributed by atoms with Crippen LogP contribution in [-0.2, 0) is 4.79 Å². The van der Waals surface area contributed by atoms with Gasteiger partial charge >= 0.3 is 12.0 Å². The Hall–Kier alpha value is -2.64. The van der Waals surface area contributed by atoms with Gasteiger partial charge < -0.3 is 21.5 Å². The van der Waals surface area contributed by atoms with E-state index in [2.05, 4.69) is 15.6 Å². The van der Waals surface area contributed by atoms with E-state index in [0.29, 0.717) is 0 Å². The number of primary amides is 1. The SMILES string of the molecule is CC(NC(N)=O)C(=O)Nc1ccnc(C(=O)O)c1. The maximum absolute atomic E-state index is 11.6. The molecule has 0 radical (unpaired) electrons. The van der Waals surface area contributed by atoms with Gasteiger partial charge in [-0.05, 0) is 19.1 Å². The van der Waals surface area contributed by atoms with Crippen LogP contribution in [0.3, 0.4) is 0 Å². The van der Waals surface area contributed by atoms with Crippen molar-refractivity contribution in [1.29, 1.82) is 0 Å². The maximum atomic E-state index is 11.6. The molecule has 8 nitrogen and oxygen atoms in total. The normalized spacial score (nSPS) is 11.4. The Bertz CT molecular complexity index is 489. The minimum atomic E-state index is -1.20. The van der Waals surface area contributed by atoms with Gasteiger partial charge in [0.05, 0.1) is 0 Å². The third-order valence-corrected chi connectivity index (χ3v) is 2.00. The predicted octanol–water partition coefficient (Wildman–Crippen LogP) is -0.225. The minimum absolute atomic E-state index is 0.191. The van der Waals surface area contributed by atoms with Gasteiger partial charge in [0.1, 0.15) is 11.7 Å². The van der Waals surface area contributed by atoms with E-state index in [0.717, 1.165) is 0 Å². The molecule has 8 heteroatoms. The van der Waals surface area contributed by atoms with E-state index in [9.17, 15) is 14.4 Å². The molecule has 3 amide bonds. The van der Waals surface area contributed by atoms with Crippen LogP contribution >= 0.6 is 0 Å². The summed E-state index contributed by atoms with van der Waals surface area (Å²) in [5.41, 5.74) is 4.95. The molecule has 0 aliphatic rings. The van der Waals surface area contributed by atoms with Crippen LogP contribution in [0.15, 0.2) is 18.3 Å². The second-order valence-electron chi connectivity index (χ2n) is 3.45. The molecule has 18 heavy (non-hydrogen) atoms. The molecule has 0 aliphatic heterocycles. The number of anilines is 1. The molecule has 0 aliphatic carbocycles.